The number of benzene rings is 2. The maximum absolute atomic E-state index is 6.42. The molecule has 130 valence electrons. The predicted molar refractivity (Wildman–Crippen MR) is 111 cm³/mol. The van der Waals surface area contributed by atoms with Crippen LogP contribution in [0.5, 0.6) is 0 Å². The van der Waals surface area contributed by atoms with Gasteiger partial charge in [0.25, 0.3) is 0 Å². The molecule has 1 aromatic heterocycles. The van der Waals surface area contributed by atoms with Crippen LogP contribution in [-0.2, 0) is 0 Å². The molecular weight excluding hydrogens is 340 g/mol. The number of halogens is 1. The van der Waals surface area contributed by atoms with Crippen LogP contribution >= 0.6 is 11.6 Å². The third-order valence-electron chi connectivity index (χ3n) is 4.05. The first kappa shape index (κ1) is 18.1. The van der Waals surface area contributed by atoms with Crippen molar-refractivity contribution in [2.24, 2.45) is 0 Å². The van der Waals surface area contributed by atoms with Crippen LogP contribution in [-0.4, -0.2) is 9.97 Å². The molecule has 0 radical (unpaired) electrons. The van der Waals surface area contributed by atoms with E-state index in [2.05, 4.69) is 25.2 Å². The fraction of sp³-hybridized carbons (Fsp3) is 0.130. The van der Waals surface area contributed by atoms with E-state index in [0.29, 0.717) is 10.8 Å². The summed E-state index contributed by atoms with van der Waals surface area (Å²) in [5.74, 6) is 0.697. The topological polar surface area (TPSA) is 25.8 Å². The first-order valence-corrected chi connectivity index (χ1v) is 9.13. The summed E-state index contributed by atoms with van der Waals surface area (Å²) >= 11 is 6.42. The molecule has 0 N–H and O–H groups in total. The van der Waals surface area contributed by atoms with Crippen LogP contribution in [0.3, 0.4) is 0 Å². The first-order chi connectivity index (χ1) is 12.7. The Balaban J connectivity index is 2.20. The maximum Gasteiger partial charge on any atom is 0.160 e. The number of rotatable bonds is 5. The van der Waals surface area contributed by atoms with E-state index in [0.717, 1.165) is 34.5 Å². The highest BCUT2D eigenvalue weighted by Crippen LogP contribution is 2.30. The van der Waals surface area contributed by atoms with Crippen molar-refractivity contribution in [1.29, 1.82) is 0 Å². The third-order valence-corrected chi connectivity index (χ3v) is 4.38. The first-order valence-electron chi connectivity index (χ1n) is 8.75. The minimum absolute atomic E-state index is 0.683. The second-order valence-corrected chi connectivity index (χ2v) is 6.27. The summed E-state index contributed by atoms with van der Waals surface area (Å²) in [6.07, 6.45) is 7.28. The van der Waals surface area contributed by atoms with Crippen molar-refractivity contribution in [2.45, 2.75) is 20.3 Å². The molecule has 0 bridgehead atoms. The van der Waals surface area contributed by atoms with E-state index in [-0.39, 0.29) is 0 Å². The van der Waals surface area contributed by atoms with E-state index in [1.807, 2.05) is 67.6 Å². The fourth-order valence-electron chi connectivity index (χ4n) is 2.69. The second kappa shape index (κ2) is 8.59. The summed E-state index contributed by atoms with van der Waals surface area (Å²) in [6.45, 7) is 4.14. The lowest BCUT2D eigenvalue weighted by Crippen LogP contribution is -1.98. The van der Waals surface area contributed by atoms with E-state index < -0.39 is 0 Å². The highest BCUT2D eigenvalue weighted by atomic mass is 35.5. The summed E-state index contributed by atoms with van der Waals surface area (Å²) in [5, 5.41) is 0.683. The van der Waals surface area contributed by atoms with Gasteiger partial charge in [0, 0.05) is 16.1 Å². The average molecular weight is 361 g/mol. The Morgan fingerprint density at radius 3 is 2.42 bits per heavy atom. The van der Waals surface area contributed by atoms with Gasteiger partial charge < -0.3 is 0 Å². The zero-order chi connectivity index (χ0) is 18.4. The van der Waals surface area contributed by atoms with Gasteiger partial charge in [-0.2, -0.15) is 0 Å². The lowest BCUT2D eigenvalue weighted by molar-refractivity contribution is 1.15. The van der Waals surface area contributed by atoms with Crippen LogP contribution < -0.4 is 0 Å². The van der Waals surface area contributed by atoms with Crippen LogP contribution in [0.25, 0.3) is 28.2 Å². The van der Waals surface area contributed by atoms with Gasteiger partial charge >= 0.3 is 0 Å². The maximum atomic E-state index is 6.42. The Morgan fingerprint density at radius 1 is 1.00 bits per heavy atom. The lowest BCUT2D eigenvalue weighted by atomic mass is 10.1. The molecule has 0 aliphatic rings. The standard InChI is InChI=1S/C23H21ClN2/c1-3-5-11-17(4-2)21-16-22(19-14-9-10-15-20(19)24)26-23(25-21)18-12-7-6-8-13-18/h4-16H,3H2,1-2H3/b11-5-,17-4+. The lowest BCUT2D eigenvalue weighted by Gasteiger charge is -2.10. The predicted octanol–water partition coefficient (Wildman–Crippen LogP) is 6.83. The summed E-state index contributed by atoms with van der Waals surface area (Å²) in [4.78, 5) is 9.59. The van der Waals surface area contributed by atoms with E-state index in [4.69, 9.17) is 21.6 Å². The molecule has 0 saturated carbocycles. The molecule has 3 rings (SSSR count). The van der Waals surface area contributed by atoms with Crippen LogP contribution in [0.4, 0.5) is 0 Å². The molecule has 0 fully saturated rings. The third kappa shape index (κ3) is 4.09. The largest absolute Gasteiger partial charge is 0.228 e. The van der Waals surface area contributed by atoms with Gasteiger partial charge in [-0.05, 0) is 31.1 Å². The van der Waals surface area contributed by atoms with Gasteiger partial charge in [-0.3, -0.25) is 0 Å². The van der Waals surface area contributed by atoms with Crippen LogP contribution in [0, 0.1) is 0 Å². The molecule has 0 spiro atoms. The van der Waals surface area contributed by atoms with Crippen molar-refractivity contribution in [3.63, 3.8) is 0 Å². The van der Waals surface area contributed by atoms with Crippen LogP contribution in [0.2, 0.25) is 5.02 Å². The summed E-state index contributed by atoms with van der Waals surface area (Å²) in [5.41, 5.74) is 4.67. The highest BCUT2D eigenvalue weighted by molar-refractivity contribution is 6.33. The monoisotopic (exact) mass is 360 g/mol. The molecule has 0 amide bonds. The Kier molecular flexibility index (Phi) is 5.98. The van der Waals surface area contributed by atoms with E-state index in [1.165, 1.54) is 0 Å². The molecule has 1 heterocycles. The van der Waals surface area contributed by atoms with Gasteiger partial charge in [0.2, 0.25) is 0 Å². The normalized spacial score (nSPS) is 11.9. The molecule has 0 aliphatic heterocycles. The number of allylic oxidation sites excluding steroid dienone is 4. The Hall–Kier alpha value is -2.71. The Morgan fingerprint density at radius 2 is 1.73 bits per heavy atom. The van der Waals surface area contributed by atoms with Crippen molar-refractivity contribution in [3.05, 3.63) is 89.6 Å². The molecule has 3 aromatic rings. The van der Waals surface area contributed by atoms with Crippen LogP contribution in [0.15, 0.2) is 78.9 Å². The Labute approximate surface area is 159 Å². The molecule has 2 nitrogen and oxygen atoms in total. The highest BCUT2D eigenvalue weighted by Gasteiger charge is 2.12. The van der Waals surface area contributed by atoms with Crippen LogP contribution in [0.1, 0.15) is 26.0 Å². The average Bonchev–Trinajstić information content (AvgIpc) is 2.69. The minimum Gasteiger partial charge on any atom is -0.228 e. The number of aromatic nitrogens is 2. The zero-order valence-corrected chi connectivity index (χ0v) is 15.7. The van der Waals surface area contributed by atoms with Gasteiger partial charge in [0.05, 0.1) is 11.4 Å². The Bertz CT molecular complexity index is 943. The number of hydrogen-bond acceptors (Lipinski definition) is 2. The number of hydrogen-bond donors (Lipinski definition) is 0. The molecular formula is C23H21ClN2. The molecule has 0 aliphatic carbocycles. The summed E-state index contributed by atoms with van der Waals surface area (Å²) in [7, 11) is 0. The molecule has 26 heavy (non-hydrogen) atoms. The van der Waals surface area contributed by atoms with Gasteiger partial charge in [0.1, 0.15) is 0 Å². The molecule has 0 unspecified atom stereocenters. The smallest absolute Gasteiger partial charge is 0.160 e. The van der Waals surface area contributed by atoms with E-state index in [9.17, 15) is 0 Å². The summed E-state index contributed by atoms with van der Waals surface area (Å²) in [6, 6.07) is 19.8. The van der Waals surface area contributed by atoms with Gasteiger partial charge in [-0.25, -0.2) is 9.97 Å². The number of nitrogens with zero attached hydrogens (tertiary/aromatic N) is 2. The molecule has 3 heteroatoms. The van der Waals surface area contributed by atoms with Crippen molar-refractivity contribution in [3.8, 4) is 22.6 Å². The van der Waals surface area contributed by atoms with Gasteiger partial charge in [-0.1, -0.05) is 85.3 Å². The molecule has 0 saturated heterocycles. The van der Waals surface area contributed by atoms with E-state index >= 15 is 0 Å². The molecule has 2 aromatic carbocycles. The quantitative estimate of drug-likeness (QED) is 0.466. The fourth-order valence-corrected chi connectivity index (χ4v) is 2.93. The second-order valence-electron chi connectivity index (χ2n) is 5.86. The van der Waals surface area contributed by atoms with Gasteiger partial charge in [-0.15, -0.1) is 0 Å². The van der Waals surface area contributed by atoms with Gasteiger partial charge in [0.15, 0.2) is 5.82 Å². The zero-order valence-electron chi connectivity index (χ0n) is 15.0. The van der Waals surface area contributed by atoms with Crippen molar-refractivity contribution in [1.82, 2.24) is 9.97 Å². The van der Waals surface area contributed by atoms with Crippen molar-refractivity contribution < 1.29 is 0 Å². The van der Waals surface area contributed by atoms with Crippen molar-refractivity contribution in [2.75, 3.05) is 0 Å². The van der Waals surface area contributed by atoms with Crippen molar-refractivity contribution >= 4 is 17.2 Å². The summed E-state index contributed by atoms with van der Waals surface area (Å²) < 4.78 is 0. The SMILES string of the molecule is C/C=C(\C=C/CC)c1cc(-c2ccccc2Cl)nc(-c2ccccc2)n1. The molecule has 0 atom stereocenters. The minimum atomic E-state index is 0.683. The van der Waals surface area contributed by atoms with E-state index in [1.54, 1.807) is 0 Å².